The summed E-state index contributed by atoms with van der Waals surface area (Å²) in [4.78, 5) is 12.6. The van der Waals surface area contributed by atoms with Crippen molar-refractivity contribution in [2.75, 3.05) is 11.1 Å². The Bertz CT molecular complexity index is 1200. The van der Waals surface area contributed by atoms with Gasteiger partial charge < -0.3 is 10.6 Å². The van der Waals surface area contributed by atoms with E-state index in [2.05, 4.69) is 25.6 Å². The van der Waals surface area contributed by atoms with Gasteiger partial charge in [0.2, 0.25) is 16.0 Å². The lowest BCUT2D eigenvalue weighted by Crippen LogP contribution is -2.35. The summed E-state index contributed by atoms with van der Waals surface area (Å²) in [7, 11) is -3.57. The van der Waals surface area contributed by atoms with Crippen molar-refractivity contribution in [3.8, 4) is 10.4 Å². The third kappa shape index (κ3) is 6.95. The topological polar surface area (TPSA) is 123 Å². The normalized spacial score (nSPS) is 13.2. The number of sulfonamides is 1. The van der Waals surface area contributed by atoms with Crippen molar-refractivity contribution < 1.29 is 21.6 Å². The largest absolute Gasteiger partial charge is 0.433 e. The molecule has 172 valence electrons. The third-order valence-corrected chi connectivity index (χ3v) is 6.21. The molecule has 1 atom stereocenters. The molecule has 0 aliphatic rings. The maximum atomic E-state index is 12.9. The molecule has 0 fully saturated rings. The number of nitrogens with one attached hydrogen (secondary N) is 2. The molecule has 0 spiro atoms. The second-order valence-electron chi connectivity index (χ2n) is 7.21. The Morgan fingerprint density at radius 2 is 1.97 bits per heavy atom. The van der Waals surface area contributed by atoms with E-state index in [1.807, 2.05) is 13.0 Å². The Morgan fingerprint density at radius 3 is 2.66 bits per heavy atom. The van der Waals surface area contributed by atoms with Crippen LogP contribution >= 0.6 is 11.3 Å². The van der Waals surface area contributed by atoms with Crippen LogP contribution in [-0.4, -0.2) is 35.2 Å². The number of benzene rings is 1. The second-order valence-corrected chi connectivity index (χ2v) is 9.98. The third-order valence-electron chi connectivity index (χ3n) is 4.20. The molecule has 32 heavy (non-hydrogen) atoms. The molecule has 0 aliphatic carbocycles. The SMILES string of the molecule is Cc1cc(Nc2nccc(C(F)(F)F)n2)cc(-c2cnc(CNC(C)CS(N)(=O)=O)s2)c1. The molecular formula is C19H21F3N6O2S2. The summed E-state index contributed by atoms with van der Waals surface area (Å²) >= 11 is 1.41. The minimum atomic E-state index is -4.56. The zero-order valence-corrected chi connectivity index (χ0v) is 18.8. The number of alkyl halides is 3. The van der Waals surface area contributed by atoms with Crippen molar-refractivity contribution >= 4 is 33.0 Å². The van der Waals surface area contributed by atoms with E-state index in [4.69, 9.17) is 5.14 Å². The van der Waals surface area contributed by atoms with Crippen LogP contribution in [0, 0.1) is 6.92 Å². The average molecular weight is 487 g/mol. The van der Waals surface area contributed by atoms with Crippen molar-refractivity contribution in [2.24, 2.45) is 5.14 Å². The molecule has 0 saturated heterocycles. The number of anilines is 2. The Labute approximate surface area is 187 Å². The molecule has 0 bridgehead atoms. The van der Waals surface area contributed by atoms with E-state index in [1.165, 1.54) is 11.3 Å². The highest BCUT2D eigenvalue weighted by molar-refractivity contribution is 7.89. The molecule has 2 aromatic heterocycles. The first-order chi connectivity index (χ1) is 14.9. The summed E-state index contributed by atoms with van der Waals surface area (Å²) in [5.41, 5.74) is 1.21. The zero-order chi connectivity index (χ0) is 23.5. The summed E-state index contributed by atoms with van der Waals surface area (Å²) in [5.74, 6) is -0.343. The molecule has 0 aliphatic heterocycles. The number of thiazole rings is 1. The smallest absolute Gasteiger partial charge is 0.324 e. The minimum absolute atomic E-state index is 0.158. The van der Waals surface area contributed by atoms with E-state index in [-0.39, 0.29) is 17.7 Å². The van der Waals surface area contributed by atoms with E-state index in [1.54, 1.807) is 25.3 Å². The van der Waals surface area contributed by atoms with Crippen LogP contribution in [0.25, 0.3) is 10.4 Å². The van der Waals surface area contributed by atoms with Crippen LogP contribution in [0.3, 0.4) is 0 Å². The standard InChI is InChI=1S/C19H21F3N6O2S2/c1-11-5-13(15-8-26-17(31-15)9-25-12(2)10-32(23,29)30)7-14(6-11)27-18-24-4-3-16(28-18)19(20,21)22/h3-8,12,25H,9-10H2,1-2H3,(H2,23,29,30)(H,24,27,28). The predicted octanol–water partition coefficient (Wildman–Crippen LogP) is 3.44. The van der Waals surface area contributed by atoms with E-state index >= 15 is 0 Å². The van der Waals surface area contributed by atoms with Gasteiger partial charge in [0.15, 0.2) is 0 Å². The van der Waals surface area contributed by atoms with E-state index < -0.39 is 21.9 Å². The van der Waals surface area contributed by atoms with Crippen LogP contribution in [0.1, 0.15) is 23.2 Å². The van der Waals surface area contributed by atoms with Gasteiger partial charge in [0.25, 0.3) is 0 Å². The Morgan fingerprint density at radius 1 is 1.22 bits per heavy atom. The lowest BCUT2D eigenvalue weighted by atomic mass is 10.1. The van der Waals surface area contributed by atoms with Crippen LogP contribution in [0.15, 0.2) is 36.7 Å². The minimum Gasteiger partial charge on any atom is -0.324 e. The lowest BCUT2D eigenvalue weighted by Gasteiger charge is -2.11. The molecule has 1 unspecified atom stereocenters. The van der Waals surface area contributed by atoms with Crippen LogP contribution < -0.4 is 15.8 Å². The van der Waals surface area contributed by atoms with Gasteiger partial charge in [-0.25, -0.2) is 28.5 Å². The lowest BCUT2D eigenvalue weighted by molar-refractivity contribution is -0.141. The fourth-order valence-corrected chi connectivity index (χ4v) is 4.57. The van der Waals surface area contributed by atoms with Crippen LogP contribution in [0.4, 0.5) is 24.8 Å². The van der Waals surface area contributed by atoms with Gasteiger partial charge in [0.1, 0.15) is 10.7 Å². The van der Waals surface area contributed by atoms with Gasteiger partial charge in [0, 0.05) is 30.7 Å². The molecular weight excluding hydrogens is 465 g/mol. The number of hydrogen-bond acceptors (Lipinski definition) is 8. The van der Waals surface area contributed by atoms with Crippen molar-refractivity contribution in [3.63, 3.8) is 0 Å². The van der Waals surface area contributed by atoms with Crippen LogP contribution in [0.5, 0.6) is 0 Å². The summed E-state index contributed by atoms with van der Waals surface area (Å²) in [5, 5.41) is 11.7. The van der Waals surface area contributed by atoms with E-state index in [9.17, 15) is 21.6 Å². The summed E-state index contributed by atoms with van der Waals surface area (Å²) in [6.45, 7) is 3.95. The van der Waals surface area contributed by atoms with Crippen molar-refractivity contribution in [3.05, 3.63) is 52.9 Å². The Kier molecular flexibility index (Phi) is 7.12. The number of nitrogens with two attached hydrogens (primary N) is 1. The zero-order valence-electron chi connectivity index (χ0n) is 17.1. The van der Waals surface area contributed by atoms with Gasteiger partial charge in [0.05, 0.1) is 10.6 Å². The fraction of sp³-hybridized carbons (Fsp3) is 0.316. The van der Waals surface area contributed by atoms with Crippen LogP contribution in [0.2, 0.25) is 0 Å². The number of halogens is 3. The number of rotatable bonds is 8. The van der Waals surface area contributed by atoms with Crippen molar-refractivity contribution in [1.29, 1.82) is 0 Å². The molecule has 3 aromatic rings. The van der Waals surface area contributed by atoms with E-state index in [0.717, 1.165) is 33.3 Å². The Hall–Kier alpha value is -2.61. The molecule has 3 rings (SSSR count). The second kappa shape index (κ2) is 9.48. The van der Waals surface area contributed by atoms with Gasteiger partial charge >= 0.3 is 6.18 Å². The highest BCUT2D eigenvalue weighted by Gasteiger charge is 2.32. The Balaban J connectivity index is 1.74. The first kappa shape index (κ1) is 24.0. The molecule has 13 heteroatoms. The molecule has 2 heterocycles. The summed E-state index contributed by atoms with van der Waals surface area (Å²) < 4.78 is 61.0. The van der Waals surface area contributed by atoms with Crippen LogP contribution in [-0.2, 0) is 22.7 Å². The molecule has 4 N–H and O–H groups in total. The van der Waals surface area contributed by atoms with Gasteiger partial charge in [-0.2, -0.15) is 13.2 Å². The predicted molar refractivity (Wildman–Crippen MR) is 117 cm³/mol. The van der Waals surface area contributed by atoms with Gasteiger partial charge in [-0.3, -0.25) is 0 Å². The quantitative estimate of drug-likeness (QED) is 0.446. The highest BCUT2D eigenvalue weighted by Crippen LogP contribution is 2.31. The maximum absolute atomic E-state index is 12.9. The van der Waals surface area contributed by atoms with Gasteiger partial charge in [-0.05, 0) is 43.2 Å². The summed E-state index contributed by atoms with van der Waals surface area (Å²) in [6.07, 6.45) is -1.82. The average Bonchev–Trinajstić information content (AvgIpc) is 3.13. The molecule has 1 aromatic carbocycles. The molecule has 0 amide bonds. The summed E-state index contributed by atoms with van der Waals surface area (Å²) in [6, 6.07) is 5.94. The number of nitrogens with zero attached hydrogens (tertiary/aromatic N) is 3. The maximum Gasteiger partial charge on any atom is 0.433 e. The molecule has 0 radical (unpaired) electrons. The number of aromatic nitrogens is 3. The molecule has 8 nitrogen and oxygen atoms in total. The van der Waals surface area contributed by atoms with Crippen molar-refractivity contribution in [1.82, 2.24) is 20.3 Å². The highest BCUT2D eigenvalue weighted by atomic mass is 32.2. The number of aryl methyl sites for hydroxylation is 1. The number of hydrogen-bond donors (Lipinski definition) is 3. The first-order valence-electron chi connectivity index (χ1n) is 9.37. The molecule has 0 saturated carbocycles. The van der Waals surface area contributed by atoms with Gasteiger partial charge in [-0.1, -0.05) is 6.07 Å². The number of primary sulfonamides is 1. The monoisotopic (exact) mass is 486 g/mol. The first-order valence-corrected chi connectivity index (χ1v) is 11.9. The van der Waals surface area contributed by atoms with Gasteiger partial charge in [-0.15, -0.1) is 11.3 Å². The van der Waals surface area contributed by atoms with E-state index in [0.29, 0.717) is 12.2 Å². The van der Waals surface area contributed by atoms with Crippen molar-refractivity contribution in [2.45, 2.75) is 32.6 Å². The fourth-order valence-electron chi connectivity index (χ4n) is 2.90.